The number of para-hydroxylation sites is 1. The van der Waals surface area contributed by atoms with Crippen LogP contribution in [0.1, 0.15) is 29.1 Å². The van der Waals surface area contributed by atoms with Gasteiger partial charge in [0.05, 0.1) is 38.7 Å². The number of amides is 3. The number of ether oxygens (including phenoxy) is 3. The van der Waals surface area contributed by atoms with E-state index in [9.17, 15) is 14.4 Å². The molecule has 1 aromatic heterocycles. The minimum Gasteiger partial charge on any atom is -0.493 e. The van der Waals surface area contributed by atoms with Crippen molar-refractivity contribution in [3.8, 4) is 11.5 Å². The average Bonchev–Trinajstić information content (AvgIpc) is 3.46. The molecule has 2 aliphatic heterocycles. The lowest BCUT2D eigenvalue weighted by Crippen LogP contribution is -2.53. The van der Waals surface area contributed by atoms with Crippen LogP contribution in [-0.4, -0.2) is 93.2 Å². The fourth-order valence-corrected chi connectivity index (χ4v) is 4.65. The van der Waals surface area contributed by atoms with Gasteiger partial charge in [0.1, 0.15) is 0 Å². The zero-order chi connectivity index (χ0) is 26.5. The van der Waals surface area contributed by atoms with Gasteiger partial charge < -0.3 is 28.8 Å². The van der Waals surface area contributed by atoms with Gasteiger partial charge in [-0.15, -0.1) is 0 Å². The van der Waals surface area contributed by atoms with E-state index in [0.29, 0.717) is 66.8 Å². The summed E-state index contributed by atoms with van der Waals surface area (Å²) in [5.41, 5.74) is 1.44. The molecule has 2 aromatic rings. The first-order valence-electron chi connectivity index (χ1n) is 12.1. The first-order valence-corrected chi connectivity index (χ1v) is 12.1. The summed E-state index contributed by atoms with van der Waals surface area (Å²) in [7, 11) is 4.66. The van der Waals surface area contributed by atoms with E-state index in [-0.39, 0.29) is 18.5 Å². The van der Waals surface area contributed by atoms with Gasteiger partial charge in [-0.1, -0.05) is 12.1 Å². The number of carbonyl (C=O) groups excluding carboxylic acids is 3. The van der Waals surface area contributed by atoms with Crippen LogP contribution in [-0.2, 0) is 9.53 Å². The molecule has 0 aliphatic carbocycles. The SMILES string of the molecule is CCOC(=O)C1=C(CN2CCN(C(=O)c3ccco3)CC2)N(C)C(=O)N[C@@H]1c1cccc(OC)c1OC. The monoisotopic (exact) mass is 512 g/mol. The topological polar surface area (TPSA) is 114 Å². The Kier molecular flexibility index (Phi) is 8.02. The molecule has 4 rings (SSSR count). The second kappa shape index (κ2) is 11.4. The van der Waals surface area contributed by atoms with Crippen LogP contribution in [0.25, 0.3) is 0 Å². The van der Waals surface area contributed by atoms with Crippen LogP contribution >= 0.6 is 0 Å². The van der Waals surface area contributed by atoms with E-state index in [4.69, 9.17) is 18.6 Å². The number of esters is 1. The fraction of sp³-hybridized carbons (Fsp3) is 0.423. The van der Waals surface area contributed by atoms with Crippen LogP contribution in [0.4, 0.5) is 4.79 Å². The number of methoxy groups -OCH3 is 2. The summed E-state index contributed by atoms with van der Waals surface area (Å²) in [6.07, 6.45) is 1.48. The highest BCUT2D eigenvalue weighted by Gasteiger charge is 2.39. The van der Waals surface area contributed by atoms with Gasteiger partial charge in [0, 0.05) is 51.0 Å². The molecule has 198 valence electrons. The molecule has 1 aromatic carbocycles. The predicted molar refractivity (Wildman–Crippen MR) is 133 cm³/mol. The van der Waals surface area contributed by atoms with E-state index in [2.05, 4.69) is 10.2 Å². The maximum Gasteiger partial charge on any atom is 0.338 e. The predicted octanol–water partition coefficient (Wildman–Crippen LogP) is 2.27. The summed E-state index contributed by atoms with van der Waals surface area (Å²) < 4.78 is 21.7. The zero-order valence-corrected chi connectivity index (χ0v) is 21.5. The molecule has 3 heterocycles. The number of nitrogens with zero attached hydrogens (tertiary/aromatic N) is 3. The number of likely N-dealkylation sites (N-methyl/N-ethyl adjacent to an activating group) is 1. The molecule has 0 radical (unpaired) electrons. The van der Waals surface area contributed by atoms with E-state index >= 15 is 0 Å². The lowest BCUT2D eigenvalue weighted by atomic mass is 9.93. The van der Waals surface area contributed by atoms with Gasteiger partial charge >= 0.3 is 12.0 Å². The van der Waals surface area contributed by atoms with E-state index in [1.54, 1.807) is 49.2 Å². The van der Waals surface area contributed by atoms with E-state index in [1.165, 1.54) is 25.4 Å². The van der Waals surface area contributed by atoms with Crippen molar-refractivity contribution >= 4 is 17.9 Å². The third kappa shape index (κ3) is 5.26. The largest absolute Gasteiger partial charge is 0.493 e. The van der Waals surface area contributed by atoms with Gasteiger partial charge in [0.15, 0.2) is 17.3 Å². The summed E-state index contributed by atoms with van der Waals surface area (Å²) in [6, 6.07) is 7.48. The molecule has 1 atom stereocenters. The number of benzene rings is 1. The van der Waals surface area contributed by atoms with Crippen molar-refractivity contribution in [1.82, 2.24) is 20.0 Å². The van der Waals surface area contributed by atoms with Crippen molar-refractivity contribution in [3.05, 3.63) is 59.2 Å². The van der Waals surface area contributed by atoms with Gasteiger partial charge in [-0.2, -0.15) is 0 Å². The minimum atomic E-state index is -0.801. The summed E-state index contributed by atoms with van der Waals surface area (Å²) in [4.78, 5) is 44.3. The lowest BCUT2D eigenvalue weighted by molar-refractivity contribution is -0.139. The summed E-state index contributed by atoms with van der Waals surface area (Å²) >= 11 is 0. The molecule has 3 amide bonds. The Bertz CT molecular complexity index is 1170. The van der Waals surface area contributed by atoms with Crippen molar-refractivity contribution in [2.24, 2.45) is 0 Å². The maximum absolute atomic E-state index is 13.3. The molecule has 0 bridgehead atoms. The molecule has 1 N–H and O–H groups in total. The number of piperazine rings is 1. The van der Waals surface area contributed by atoms with Crippen LogP contribution in [0.15, 0.2) is 52.3 Å². The number of carbonyl (C=O) groups is 3. The highest BCUT2D eigenvalue weighted by Crippen LogP contribution is 2.40. The van der Waals surface area contributed by atoms with E-state index < -0.39 is 12.0 Å². The van der Waals surface area contributed by atoms with Crippen molar-refractivity contribution in [1.29, 1.82) is 0 Å². The van der Waals surface area contributed by atoms with Crippen molar-refractivity contribution in [2.45, 2.75) is 13.0 Å². The quantitative estimate of drug-likeness (QED) is 0.536. The molecule has 2 aliphatic rings. The van der Waals surface area contributed by atoms with Crippen LogP contribution < -0.4 is 14.8 Å². The zero-order valence-electron chi connectivity index (χ0n) is 21.5. The van der Waals surface area contributed by atoms with E-state index in [1.807, 2.05) is 0 Å². The van der Waals surface area contributed by atoms with Gasteiger partial charge in [0.25, 0.3) is 5.91 Å². The van der Waals surface area contributed by atoms with Crippen molar-refractivity contribution < 1.29 is 33.0 Å². The van der Waals surface area contributed by atoms with Gasteiger partial charge in [-0.3, -0.25) is 14.6 Å². The molecular weight excluding hydrogens is 480 g/mol. The number of rotatable bonds is 8. The Morgan fingerprint density at radius 1 is 1.08 bits per heavy atom. The third-order valence-electron chi connectivity index (χ3n) is 6.58. The van der Waals surface area contributed by atoms with Crippen molar-refractivity contribution in [2.75, 3.05) is 60.6 Å². The minimum absolute atomic E-state index is 0.157. The molecule has 1 fully saturated rings. The maximum atomic E-state index is 13.3. The standard InChI is InChI=1S/C26H32N4O7/c1-5-36-25(32)21-18(16-29-11-13-30(14-12-29)24(31)20-10-7-15-37-20)28(2)26(33)27-22(21)17-8-6-9-19(34-3)23(17)35-4/h6-10,15,22H,5,11-14,16H2,1-4H3,(H,27,33)/t22-/m1/s1. The number of hydrogen-bond donors (Lipinski definition) is 1. The molecule has 1 saturated heterocycles. The van der Waals surface area contributed by atoms with Gasteiger partial charge in [-0.25, -0.2) is 9.59 Å². The fourth-order valence-electron chi connectivity index (χ4n) is 4.65. The molecule has 0 unspecified atom stereocenters. The summed E-state index contributed by atoms with van der Waals surface area (Å²) in [6.45, 7) is 4.35. The smallest absolute Gasteiger partial charge is 0.338 e. The van der Waals surface area contributed by atoms with E-state index in [0.717, 1.165) is 0 Å². The number of furan rings is 1. The lowest BCUT2D eigenvalue weighted by Gasteiger charge is -2.39. The number of nitrogens with one attached hydrogen (secondary N) is 1. The van der Waals surface area contributed by atoms with Gasteiger partial charge in [-0.05, 0) is 25.1 Å². The second-order valence-electron chi connectivity index (χ2n) is 8.65. The second-order valence-corrected chi connectivity index (χ2v) is 8.65. The third-order valence-corrected chi connectivity index (χ3v) is 6.58. The summed E-state index contributed by atoms with van der Waals surface area (Å²) in [5.74, 6) is 0.530. The molecule has 0 spiro atoms. The van der Waals surface area contributed by atoms with Crippen LogP contribution in [0.2, 0.25) is 0 Å². The Labute approximate surface area is 215 Å². The number of hydrogen-bond acceptors (Lipinski definition) is 8. The molecule has 37 heavy (non-hydrogen) atoms. The average molecular weight is 513 g/mol. The molecule has 0 saturated carbocycles. The molecule has 11 heteroatoms. The van der Waals surface area contributed by atoms with Crippen LogP contribution in [0, 0.1) is 0 Å². The Hall–Kier alpha value is -3.99. The normalized spacial score (nSPS) is 18.5. The highest BCUT2D eigenvalue weighted by atomic mass is 16.5. The molecule has 11 nitrogen and oxygen atoms in total. The first-order chi connectivity index (χ1) is 17.9. The molecular formula is C26H32N4O7. The number of urea groups is 1. The van der Waals surface area contributed by atoms with Crippen LogP contribution in [0.3, 0.4) is 0 Å². The van der Waals surface area contributed by atoms with Crippen molar-refractivity contribution in [3.63, 3.8) is 0 Å². The Morgan fingerprint density at radius 3 is 2.46 bits per heavy atom. The van der Waals surface area contributed by atoms with Crippen LogP contribution in [0.5, 0.6) is 11.5 Å². The Morgan fingerprint density at radius 2 is 1.84 bits per heavy atom. The highest BCUT2D eigenvalue weighted by molar-refractivity contribution is 5.95. The Balaban J connectivity index is 1.65. The first kappa shape index (κ1) is 26.1. The van der Waals surface area contributed by atoms with Gasteiger partial charge in [0.2, 0.25) is 0 Å². The summed E-state index contributed by atoms with van der Waals surface area (Å²) in [5, 5.41) is 2.91.